The highest BCUT2D eigenvalue weighted by molar-refractivity contribution is 7.17. The highest BCUT2D eigenvalue weighted by atomic mass is 32.1. The molecule has 1 heterocycles. The zero-order valence-corrected chi connectivity index (χ0v) is 6.36. The zero-order chi connectivity index (χ0) is 7.84. The number of benzene rings is 1. The van der Waals surface area contributed by atoms with Gasteiger partial charge in [-0.05, 0) is 12.1 Å². The van der Waals surface area contributed by atoms with Crippen molar-refractivity contribution in [2.24, 2.45) is 0 Å². The van der Waals surface area contributed by atoms with E-state index in [0.717, 1.165) is 10.2 Å². The first-order chi connectivity index (χ1) is 5.29. The number of nitrogen functional groups attached to an aromatic ring is 1. The summed E-state index contributed by atoms with van der Waals surface area (Å²) in [5.74, 6) is -0.373. The van der Waals surface area contributed by atoms with Crippen molar-refractivity contribution in [1.29, 1.82) is 0 Å². The molecule has 2 nitrogen and oxygen atoms in total. The lowest BCUT2D eigenvalue weighted by molar-refractivity contribution is 0.634. The van der Waals surface area contributed by atoms with Gasteiger partial charge < -0.3 is 5.73 Å². The number of nitrogens with two attached hydrogens (primary N) is 1. The number of hydrogen-bond donors (Lipinski definition) is 1. The average molecular weight is 168 g/mol. The quantitative estimate of drug-likeness (QED) is 0.611. The molecular weight excluding hydrogens is 163 g/mol. The van der Waals surface area contributed by atoms with Crippen LogP contribution in [-0.2, 0) is 0 Å². The highest BCUT2D eigenvalue weighted by Crippen LogP contribution is 2.26. The van der Waals surface area contributed by atoms with Crippen molar-refractivity contribution < 1.29 is 4.39 Å². The van der Waals surface area contributed by atoms with Crippen molar-refractivity contribution in [2.75, 3.05) is 5.73 Å². The van der Waals surface area contributed by atoms with Gasteiger partial charge in [-0.3, -0.25) is 0 Å². The Morgan fingerprint density at radius 1 is 1.45 bits per heavy atom. The van der Waals surface area contributed by atoms with Gasteiger partial charge in [0.2, 0.25) is 0 Å². The minimum Gasteiger partial charge on any atom is -0.395 e. The van der Waals surface area contributed by atoms with Crippen molar-refractivity contribution in [3.8, 4) is 0 Å². The van der Waals surface area contributed by atoms with Crippen molar-refractivity contribution in [3.63, 3.8) is 0 Å². The molecule has 0 aliphatic carbocycles. The first-order valence-electron chi connectivity index (χ1n) is 3.06. The van der Waals surface area contributed by atoms with Crippen LogP contribution in [0.5, 0.6) is 0 Å². The minimum atomic E-state index is -0.373. The first kappa shape index (κ1) is 6.54. The van der Waals surface area contributed by atoms with E-state index in [-0.39, 0.29) is 11.5 Å². The number of rotatable bonds is 0. The maximum atomic E-state index is 12.8. The van der Waals surface area contributed by atoms with E-state index in [2.05, 4.69) is 4.98 Å². The fourth-order valence-corrected chi connectivity index (χ4v) is 1.66. The monoisotopic (exact) mass is 168 g/mol. The smallest absolute Gasteiger partial charge is 0.147 e. The van der Waals surface area contributed by atoms with E-state index in [9.17, 15) is 4.39 Å². The molecule has 0 atom stereocenters. The lowest BCUT2D eigenvalue weighted by Crippen LogP contribution is -1.89. The Bertz CT molecular complexity index is 396. The molecule has 0 fully saturated rings. The topological polar surface area (TPSA) is 38.9 Å². The number of hydrogen-bond acceptors (Lipinski definition) is 3. The number of nitrogens with zero attached hydrogens (tertiary/aromatic N) is 1. The molecule has 0 radical (unpaired) electrons. The Morgan fingerprint density at radius 2 is 2.27 bits per heavy atom. The van der Waals surface area contributed by atoms with Gasteiger partial charge in [-0.25, -0.2) is 9.37 Å². The van der Waals surface area contributed by atoms with E-state index in [1.165, 1.54) is 17.4 Å². The molecule has 0 saturated heterocycles. The van der Waals surface area contributed by atoms with Crippen LogP contribution in [0.4, 0.5) is 10.1 Å². The van der Waals surface area contributed by atoms with Crippen LogP contribution in [0.1, 0.15) is 0 Å². The standard InChI is InChI=1S/C7H5FN2S/c8-4-1-2-5-7(6(4)9)11-3-10-5/h1-3H,9H2. The van der Waals surface area contributed by atoms with E-state index in [0.29, 0.717) is 0 Å². The molecule has 1 aromatic heterocycles. The van der Waals surface area contributed by atoms with Gasteiger partial charge in [-0.2, -0.15) is 0 Å². The predicted octanol–water partition coefficient (Wildman–Crippen LogP) is 2.02. The molecule has 0 aliphatic heterocycles. The molecule has 2 N–H and O–H groups in total. The molecule has 0 unspecified atom stereocenters. The summed E-state index contributed by atoms with van der Waals surface area (Å²) in [7, 11) is 0. The van der Waals surface area contributed by atoms with Crippen molar-refractivity contribution in [3.05, 3.63) is 23.5 Å². The number of fused-ring (bicyclic) bond motifs is 1. The number of anilines is 1. The molecule has 1 aromatic carbocycles. The molecule has 56 valence electrons. The van der Waals surface area contributed by atoms with Crippen molar-refractivity contribution in [2.45, 2.75) is 0 Å². The fourth-order valence-electron chi connectivity index (χ4n) is 0.925. The Balaban J connectivity index is 2.93. The number of thiazole rings is 1. The van der Waals surface area contributed by atoms with Gasteiger partial charge >= 0.3 is 0 Å². The summed E-state index contributed by atoms with van der Waals surface area (Å²) in [6.45, 7) is 0. The van der Waals surface area contributed by atoms with Crippen LogP contribution in [0.25, 0.3) is 10.2 Å². The molecule has 0 bridgehead atoms. The molecule has 11 heavy (non-hydrogen) atoms. The summed E-state index contributed by atoms with van der Waals surface area (Å²) in [5, 5.41) is 0. The molecule has 0 spiro atoms. The number of aromatic nitrogens is 1. The van der Waals surface area contributed by atoms with Crippen LogP contribution in [0.3, 0.4) is 0 Å². The van der Waals surface area contributed by atoms with E-state index >= 15 is 0 Å². The summed E-state index contributed by atoms with van der Waals surface area (Å²) >= 11 is 1.35. The second kappa shape index (κ2) is 2.17. The third kappa shape index (κ3) is 0.867. The zero-order valence-electron chi connectivity index (χ0n) is 5.54. The molecular formula is C7H5FN2S. The van der Waals surface area contributed by atoms with Gasteiger partial charge in [0.15, 0.2) is 0 Å². The largest absolute Gasteiger partial charge is 0.395 e. The summed E-state index contributed by atoms with van der Waals surface area (Å²) in [4.78, 5) is 3.99. The lowest BCUT2D eigenvalue weighted by atomic mass is 10.3. The fraction of sp³-hybridized carbons (Fsp3) is 0. The van der Waals surface area contributed by atoms with Crippen LogP contribution < -0.4 is 5.73 Å². The van der Waals surface area contributed by atoms with E-state index < -0.39 is 0 Å². The van der Waals surface area contributed by atoms with Gasteiger partial charge in [0.05, 0.1) is 21.4 Å². The van der Waals surface area contributed by atoms with Gasteiger partial charge in [-0.15, -0.1) is 11.3 Å². The maximum absolute atomic E-state index is 12.8. The van der Waals surface area contributed by atoms with E-state index in [1.807, 2.05) is 0 Å². The predicted molar refractivity (Wildman–Crippen MR) is 44.0 cm³/mol. The first-order valence-corrected chi connectivity index (χ1v) is 3.94. The summed E-state index contributed by atoms with van der Waals surface area (Å²) in [6.07, 6.45) is 0. The Kier molecular flexibility index (Phi) is 1.29. The highest BCUT2D eigenvalue weighted by Gasteiger charge is 2.04. The van der Waals surface area contributed by atoms with Crippen LogP contribution in [0, 0.1) is 5.82 Å². The molecule has 0 aliphatic rings. The van der Waals surface area contributed by atoms with Crippen LogP contribution in [0.15, 0.2) is 17.6 Å². The minimum absolute atomic E-state index is 0.199. The summed E-state index contributed by atoms with van der Waals surface area (Å²) in [6, 6.07) is 2.95. The lowest BCUT2D eigenvalue weighted by Gasteiger charge is -1.94. The number of halogens is 1. The summed E-state index contributed by atoms with van der Waals surface area (Å²) in [5.41, 5.74) is 8.07. The Labute approximate surface area is 66.5 Å². The second-order valence-electron chi connectivity index (χ2n) is 2.16. The normalized spacial score (nSPS) is 10.6. The van der Waals surface area contributed by atoms with Crippen molar-refractivity contribution in [1.82, 2.24) is 4.98 Å². The SMILES string of the molecule is Nc1c(F)ccc2ncsc12. The molecule has 4 heteroatoms. The van der Waals surface area contributed by atoms with E-state index in [1.54, 1.807) is 11.6 Å². The van der Waals surface area contributed by atoms with Crippen molar-refractivity contribution >= 4 is 27.2 Å². The van der Waals surface area contributed by atoms with Gasteiger partial charge in [0.1, 0.15) is 5.82 Å². The van der Waals surface area contributed by atoms with Gasteiger partial charge in [0, 0.05) is 0 Å². The average Bonchev–Trinajstić information content (AvgIpc) is 2.45. The molecule has 2 rings (SSSR count). The van der Waals surface area contributed by atoms with Gasteiger partial charge in [0.25, 0.3) is 0 Å². The van der Waals surface area contributed by atoms with Gasteiger partial charge in [-0.1, -0.05) is 0 Å². The van der Waals surface area contributed by atoms with E-state index in [4.69, 9.17) is 5.73 Å². The molecule has 2 aromatic rings. The third-order valence-electron chi connectivity index (χ3n) is 1.48. The maximum Gasteiger partial charge on any atom is 0.147 e. The summed E-state index contributed by atoms with van der Waals surface area (Å²) < 4.78 is 13.5. The van der Waals surface area contributed by atoms with Crippen LogP contribution in [0.2, 0.25) is 0 Å². The Morgan fingerprint density at radius 3 is 3.09 bits per heavy atom. The molecule has 0 amide bonds. The Hall–Kier alpha value is -1.16. The second-order valence-corrected chi connectivity index (χ2v) is 3.02. The van der Waals surface area contributed by atoms with Crippen LogP contribution in [-0.4, -0.2) is 4.98 Å². The van der Waals surface area contributed by atoms with Crippen LogP contribution >= 0.6 is 11.3 Å². The molecule has 0 saturated carbocycles. The third-order valence-corrected chi connectivity index (χ3v) is 2.36.